The molecular formula is C25H32N4O4S. The standard InChI is InChI=1S/C25H32N4O4S/c1-25(2,3)33-24(30)29-10-8-17(9-11-29)19-14-22(28-16-27-19)26-15-21(34-4)18-6-5-7-20-23(18)32-13-12-31-20/h5-8,14,16,21H,9-13,15H2,1-4H3,(H,26,27,28). The summed E-state index contributed by atoms with van der Waals surface area (Å²) in [6, 6.07) is 8.00. The molecule has 2 aliphatic rings. The highest BCUT2D eigenvalue weighted by atomic mass is 32.2. The first-order valence-electron chi connectivity index (χ1n) is 11.5. The minimum Gasteiger partial charge on any atom is -0.486 e. The van der Waals surface area contributed by atoms with Gasteiger partial charge in [-0.3, -0.25) is 0 Å². The predicted octanol–water partition coefficient (Wildman–Crippen LogP) is 4.79. The second kappa shape index (κ2) is 10.5. The number of carbonyl (C=O) groups excluding carboxylic acids is 1. The number of fused-ring (bicyclic) bond motifs is 1. The zero-order valence-corrected chi connectivity index (χ0v) is 21.0. The molecule has 4 rings (SSSR count). The van der Waals surface area contributed by atoms with Gasteiger partial charge in [0, 0.05) is 31.3 Å². The molecule has 1 aromatic carbocycles. The first-order chi connectivity index (χ1) is 16.3. The van der Waals surface area contributed by atoms with E-state index >= 15 is 0 Å². The van der Waals surface area contributed by atoms with Gasteiger partial charge in [0.2, 0.25) is 0 Å². The van der Waals surface area contributed by atoms with Crippen molar-refractivity contribution in [3.05, 3.63) is 47.9 Å². The molecule has 2 aromatic rings. The summed E-state index contributed by atoms with van der Waals surface area (Å²) in [6.07, 6.45) is 6.14. The van der Waals surface area contributed by atoms with E-state index in [2.05, 4.69) is 27.6 Å². The van der Waals surface area contributed by atoms with Crippen LogP contribution in [0.3, 0.4) is 0 Å². The monoisotopic (exact) mass is 484 g/mol. The number of rotatable bonds is 6. The van der Waals surface area contributed by atoms with Crippen molar-refractivity contribution in [3.8, 4) is 11.5 Å². The van der Waals surface area contributed by atoms with Crippen LogP contribution in [0.15, 0.2) is 36.7 Å². The zero-order chi connectivity index (χ0) is 24.1. The molecule has 1 aromatic heterocycles. The van der Waals surface area contributed by atoms with E-state index in [1.807, 2.05) is 45.0 Å². The Labute approximate surface area is 205 Å². The van der Waals surface area contributed by atoms with Crippen molar-refractivity contribution >= 4 is 29.2 Å². The van der Waals surface area contributed by atoms with Crippen LogP contribution in [-0.4, -0.2) is 65.7 Å². The Kier molecular flexibility index (Phi) is 7.50. The van der Waals surface area contributed by atoms with Crippen molar-refractivity contribution in [1.29, 1.82) is 0 Å². The maximum absolute atomic E-state index is 12.3. The smallest absolute Gasteiger partial charge is 0.410 e. The summed E-state index contributed by atoms with van der Waals surface area (Å²) in [7, 11) is 0. The number of nitrogens with zero attached hydrogens (tertiary/aromatic N) is 3. The number of thioether (sulfide) groups is 1. The molecule has 0 fully saturated rings. The van der Waals surface area contributed by atoms with Crippen LogP contribution in [-0.2, 0) is 4.74 Å². The lowest BCUT2D eigenvalue weighted by atomic mass is 10.0. The molecule has 0 bridgehead atoms. The minimum atomic E-state index is -0.499. The summed E-state index contributed by atoms with van der Waals surface area (Å²) in [5.74, 6) is 2.40. The number of hydrogen-bond acceptors (Lipinski definition) is 8. The minimum absolute atomic E-state index is 0.173. The lowest BCUT2D eigenvalue weighted by molar-refractivity contribution is 0.0270. The van der Waals surface area contributed by atoms with Gasteiger partial charge < -0.3 is 24.4 Å². The van der Waals surface area contributed by atoms with Crippen molar-refractivity contribution in [2.75, 3.05) is 44.4 Å². The fourth-order valence-corrected chi connectivity index (χ4v) is 4.58. The van der Waals surface area contributed by atoms with Crippen LogP contribution in [0.4, 0.5) is 10.6 Å². The van der Waals surface area contributed by atoms with Gasteiger partial charge in [0.25, 0.3) is 0 Å². The van der Waals surface area contributed by atoms with E-state index in [1.165, 1.54) is 0 Å². The molecule has 2 aliphatic heterocycles. The number of benzene rings is 1. The maximum Gasteiger partial charge on any atom is 0.410 e. The molecule has 1 amide bonds. The molecule has 9 heteroatoms. The summed E-state index contributed by atoms with van der Waals surface area (Å²) < 4.78 is 17.1. The third kappa shape index (κ3) is 5.94. The van der Waals surface area contributed by atoms with E-state index in [0.717, 1.165) is 40.6 Å². The molecule has 182 valence electrons. The summed E-state index contributed by atoms with van der Waals surface area (Å²) in [5, 5.41) is 3.63. The highest BCUT2D eigenvalue weighted by molar-refractivity contribution is 7.98. The largest absolute Gasteiger partial charge is 0.486 e. The molecule has 3 heterocycles. The normalized spacial score (nSPS) is 16.5. The van der Waals surface area contributed by atoms with Gasteiger partial charge in [0.15, 0.2) is 11.5 Å². The van der Waals surface area contributed by atoms with Crippen molar-refractivity contribution in [1.82, 2.24) is 14.9 Å². The lowest BCUT2D eigenvalue weighted by Gasteiger charge is -2.29. The van der Waals surface area contributed by atoms with Gasteiger partial charge in [-0.2, -0.15) is 11.8 Å². The quantitative estimate of drug-likeness (QED) is 0.627. The van der Waals surface area contributed by atoms with Gasteiger partial charge in [0.05, 0.1) is 10.9 Å². The molecule has 0 aliphatic carbocycles. The van der Waals surface area contributed by atoms with E-state index in [1.54, 1.807) is 23.0 Å². The number of nitrogens with one attached hydrogen (secondary N) is 1. The average molecular weight is 485 g/mol. The SMILES string of the molecule is CSC(CNc1cc(C2=CCN(C(=O)OC(C)(C)C)CC2)ncn1)c1cccc2c1OCCO2. The Morgan fingerprint density at radius 3 is 2.82 bits per heavy atom. The van der Waals surface area contributed by atoms with Gasteiger partial charge in [-0.1, -0.05) is 18.2 Å². The average Bonchev–Trinajstić information content (AvgIpc) is 2.84. The van der Waals surface area contributed by atoms with Crippen molar-refractivity contribution in [3.63, 3.8) is 0 Å². The van der Waals surface area contributed by atoms with Gasteiger partial charge in [0.1, 0.15) is 31.0 Å². The molecule has 34 heavy (non-hydrogen) atoms. The van der Waals surface area contributed by atoms with E-state index in [4.69, 9.17) is 14.2 Å². The van der Waals surface area contributed by atoms with Gasteiger partial charge in [-0.15, -0.1) is 0 Å². The summed E-state index contributed by atoms with van der Waals surface area (Å²) >= 11 is 1.75. The Morgan fingerprint density at radius 2 is 2.09 bits per heavy atom. The van der Waals surface area contributed by atoms with Crippen LogP contribution in [0.2, 0.25) is 0 Å². The molecule has 0 spiro atoms. The highest BCUT2D eigenvalue weighted by Gasteiger charge is 2.25. The van der Waals surface area contributed by atoms with Crippen LogP contribution in [0.1, 0.15) is 43.7 Å². The number of anilines is 1. The lowest BCUT2D eigenvalue weighted by Crippen LogP contribution is -2.39. The third-order valence-electron chi connectivity index (χ3n) is 5.55. The van der Waals surface area contributed by atoms with E-state index < -0.39 is 5.60 Å². The third-order valence-corrected chi connectivity index (χ3v) is 6.54. The Balaban J connectivity index is 1.40. The van der Waals surface area contributed by atoms with Crippen molar-refractivity contribution in [2.24, 2.45) is 0 Å². The Bertz CT molecular complexity index is 1050. The van der Waals surface area contributed by atoms with E-state index in [9.17, 15) is 4.79 Å². The Morgan fingerprint density at radius 1 is 1.26 bits per heavy atom. The maximum atomic E-state index is 12.3. The molecule has 8 nitrogen and oxygen atoms in total. The Hall–Kier alpha value is -2.94. The molecule has 1 atom stereocenters. The number of carbonyl (C=O) groups is 1. The highest BCUT2D eigenvalue weighted by Crippen LogP contribution is 2.41. The second-order valence-corrected chi connectivity index (χ2v) is 10.2. The first-order valence-corrected chi connectivity index (χ1v) is 12.8. The predicted molar refractivity (Wildman–Crippen MR) is 135 cm³/mol. The first kappa shape index (κ1) is 24.2. The summed E-state index contributed by atoms with van der Waals surface area (Å²) in [5.41, 5.74) is 2.59. The number of hydrogen-bond donors (Lipinski definition) is 1. The van der Waals surface area contributed by atoms with Crippen LogP contribution in [0.5, 0.6) is 11.5 Å². The van der Waals surface area contributed by atoms with Crippen LogP contribution < -0.4 is 14.8 Å². The zero-order valence-electron chi connectivity index (χ0n) is 20.2. The fourth-order valence-electron chi connectivity index (χ4n) is 3.89. The number of para-hydroxylation sites is 1. The van der Waals surface area contributed by atoms with Crippen LogP contribution in [0.25, 0.3) is 5.57 Å². The molecule has 0 saturated heterocycles. The van der Waals surface area contributed by atoms with Gasteiger partial charge >= 0.3 is 6.09 Å². The van der Waals surface area contributed by atoms with E-state index in [-0.39, 0.29) is 11.3 Å². The van der Waals surface area contributed by atoms with Crippen LogP contribution >= 0.6 is 11.8 Å². The number of amides is 1. The topological polar surface area (TPSA) is 85.8 Å². The van der Waals surface area contributed by atoms with Crippen molar-refractivity contribution in [2.45, 2.75) is 38.0 Å². The molecule has 0 radical (unpaired) electrons. The van der Waals surface area contributed by atoms with E-state index in [0.29, 0.717) is 32.8 Å². The molecule has 0 saturated carbocycles. The fraction of sp³-hybridized carbons (Fsp3) is 0.480. The molecule has 1 N–H and O–H groups in total. The van der Waals surface area contributed by atoms with Gasteiger partial charge in [-0.25, -0.2) is 14.8 Å². The van der Waals surface area contributed by atoms with Crippen LogP contribution in [0, 0.1) is 0 Å². The molecule has 1 unspecified atom stereocenters. The number of aromatic nitrogens is 2. The summed E-state index contributed by atoms with van der Waals surface area (Å²) in [6.45, 7) is 8.56. The second-order valence-electron chi connectivity index (χ2n) is 9.17. The van der Waals surface area contributed by atoms with Crippen molar-refractivity contribution < 1.29 is 19.0 Å². The number of ether oxygens (including phenoxy) is 3. The molecular weight excluding hydrogens is 452 g/mol. The summed E-state index contributed by atoms with van der Waals surface area (Å²) in [4.78, 5) is 22.9. The van der Waals surface area contributed by atoms with Gasteiger partial charge in [-0.05, 0) is 45.1 Å².